The maximum Gasteiger partial charge on any atom is 0.335 e. The number of benzene rings is 1. The highest BCUT2D eigenvalue weighted by Crippen LogP contribution is 2.19. The van der Waals surface area contributed by atoms with Crippen molar-refractivity contribution in [2.75, 3.05) is 0 Å². The molecule has 0 saturated heterocycles. The molecule has 1 aromatic carbocycles. The Morgan fingerprint density at radius 3 is 2.95 bits per heavy atom. The molecule has 2 heterocycles. The van der Waals surface area contributed by atoms with Gasteiger partial charge in [0.15, 0.2) is 0 Å². The Balaban J connectivity index is 2.14. The summed E-state index contributed by atoms with van der Waals surface area (Å²) in [6, 6.07) is 8.64. The second-order valence-electron chi connectivity index (χ2n) is 4.33. The van der Waals surface area contributed by atoms with E-state index in [1.165, 1.54) is 0 Å². The molecule has 0 unspecified atom stereocenters. The standard InChI is InChI=1S/C14H12N2O3/c1-9-15-12-5-4-10(14(17)18)7-13(12)16(9)8-11-3-2-6-19-11/h2-7H,8H2,1H3,(H,17,18). The third kappa shape index (κ3) is 1.99. The number of aryl methyl sites for hydroxylation is 1. The second kappa shape index (κ2) is 4.28. The average molecular weight is 256 g/mol. The van der Waals surface area contributed by atoms with Gasteiger partial charge in [0.05, 0.1) is 29.4 Å². The molecule has 5 heteroatoms. The first-order valence-corrected chi connectivity index (χ1v) is 5.88. The Bertz CT molecular complexity index is 741. The summed E-state index contributed by atoms with van der Waals surface area (Å²) in [6.45, 7) is 2.43. The number of furan rings is 1. The van der Waals surface area contributed by atoms with Gasteiger partial charge in [-0.05, 0) is 37.3 Å². The van der Waals surface area contributed by atoms with Gasteiger partial charge in [0.25, 0.3) is 0 Å². The molecule has 1 N–H and O–H groups in total. The Hall–Kier alpha value is -2.56. The number of fused-ring (bicyclic) bond motifs is 1. The number of nitrogens with zero attached hydrogens (tertiary/aromatic N) is 2. The number of rotatable bonds is 3. The molecule has 0 radical (unpaired) electrons. The molecule has 0 amide bonds. The van der Waals surface area contributed by atoms with E-state index in [0.717, 1.165) is 22.6 Å². The van der Waals surface area contributed by atoms with Crippen molar-refractivity contribution < 1.29 is 14.3 Å². The van der Waals surface area contributed by atoms with Crippen molar-refractivity contribution in [2.24, 2.45) is 0 Å². The number of carboxylic acid groups (broad SMARTS) is 1. The monoisotopic (exact) mass is 256 g/mol. The molecule has 2 aromatic heterocycles. The van der Waals surface area contributed by atoms with Crippen molar-refractivity contribution in [3.63, 3.8) is 0 Å². The molecule has 0 aliphatic rings. The quantitative estimate of drug-likeness (QED) is 0.782. The van der Waals surface area contributed by atoms with Crippen LogP contribution in [0.25, 0.3) is 11.0 Å². The van der Waals surface area contributed by atoms with Crippen LogP contribution in [0.15, 0.2) is 41.0 Å². The molecule has 0 atom stereocenters. The summed E-state index contributed by atoms with van der Waals surface area (Å²) in [6.07, 6.45) is 1.62. The minimum absolute atomic E-state index is 0.257. The summed E-state index contributed by atoms with van der Waals surface area (Å²) in [4.78, 5) is 15.5. The van der Waals surface area contributed by atoms with Gasteiger partial charge in [0.2, 0.25) is 0 Å². The van der Waals surface area contributed by atoms with E-state index in [-0.39, 0.29) is 5.56 Å². The van der Waals surface area contributed by atoms with Gasteiger partial charge < -0.3 is 14.1 Å². The smallest absolute Gasteiger partial charge is 0.335 e. The van der Waals surface area contributed by atoms with Crippen LogP contribution in [0.3, 0.4) is 0 Å². The molecule has 19 heavy (non-hydrogen) atoms. The number of carboxylic acids is 1. The number of carbonyl (C=O) groups is 1. The summed E-state index contributed by atoms with van der Waals surface area (Å²) >= 11 is 0. The zero-order valence-electron chi connectivity index (χ0n) is 10.3. The summed E-state index contributed by atoms with van der Waals surface area (Å²) < 4.78 is 7.27. The SMILES string of the molecule is Cc1nc2ccc(C(=O)O)cc2n1Cc1ccco1. The van der Waals surface area contributed by atoms with Crippen LogP contribution in [0, 0.1) is 6.92 Å². The first kappa shape index (κ1) is 11.5. The van der Waals surface area contributed by atoms with E-state index in [2.05, 4.69) is 4.98 Å². The predicted octanol–water partition coefficient (Wildman–Crippen LogP) is 2.68. The lowest BCUT2D eigenvalue weighted by Gasteiger charge is -2.04. The zero-order valence-corrected chi connectivity index (χ0v) is 10.3. The Labute approximate surface area is 109 Å². The van der Waals surface area contributed by atoms with E-state index in [0.29, 0.717) is 6.54 Å². The van der Waals surface area contributed by atoms with Gasteiger partial charge in [-0.25, -0.2) is 9.78 Å². The summed E-state index contributed by atoms with van der Waals surface area (Å²) in [5, 5.41) is 9.05. The fourth-order valence-corrected chi connectivity index (χ4v) is 2.13. The number of aromatic carboxylic acids is 1. The molecule has 0 aliphatic carbocycles. The van der Waals surface area contributed by atoms with Crippen molar-refractivity contribution in [1.29, 1.82) is 0 Å². The van der Waals surface area contributed by atoms with Gasteiger partial charge in [-0.15, -0.1) is 0 Å². The van der Waals surface area contributed by atoms with Crippen molar-refractivity contribution in [1.82, 2.24) is 9.55 Å². The minimum Gasteiger partial charge on any atom is -0.478 e. The molecule has 3 aromatic rings. The van der Waals surface area contributed by atoms with Crippen molar-refractivity contribution >= 4 is 17.0 Å². The van der Waals surface area contributed by atoms with Crippen LogP contribution in [0.4, 0.5) is 0 Å². The summed E-state index contributed by atoms with van der Waals surface area (Å²) in [7, 11) is 0. The lowest BCUT2D eigenvalue weighted by molar-refractivity contribution is 0.0697. The number of hydrogen-bond acceptors (Lipinski definition) is 3. The lowest BCUT2D eigenvalue weighted by atomic mass is 10.2. The average Bonchev–Trinajstić information content (AvgIpc) is 2.98. The highest BCUT2D eigenvalue weighted by molar-refractivity contribution is 5.92. The van der Waals surface area contributed by atoms with Crippen LogP contribution in [-0.4, -0.2) is 20.6 Å². The number of imidazole rings is 1. The molecule has 0 saturated carbocycles. The van der Waals surface area contributed by atoms with Crippen LogP contribution >= 0.6 is 0 Å². The maximum atomic E-state index is 11.0. The van der Waals surface area contributed by atoms with Gasteiger partial charge in [-0.2, -0.15) is 0 Å². The van der Waals surface area contributed by atoms with E-state index < -0.39 is 5.97 Å². The third-order valence-corrected chi connectivity index (χ3v) is 3.08. The molecule has 96 valence electrons. The third-order valence-electron chi connectivity index (χ3n) is 3.08. The first-order chi connectivity index (χ1) is 9.15. The highest BCUT2D eigenvalue weighted by atomic mass is 16.4. The molecular weight excluding hydrogens is 244 g/mol. The maximum absolute atomic E-state index is 11.0. The van der Waals surface area contributed by atoms with Crippen LogP contribution in [0.1, 0.15) is 21.9 Å². The summed E-state index contributed by atoms with van der Waals surface area (Å²) in [5.74, 6) is 0.697. The fraction of sp³-hybridized carbons (Fsp3) is 0.143. The predicted molar refractivity (Wildman–Crippen MR) is 69.2 cm³/mol. The highest BCUT2D eigenvalue weighted by Gasteiger charge is 2.11. The second-order valence-corrected chi connectivity index (χ2v) is 4.33. The lowest BCUT2D eigenvalue weighted by Crippen LogP contribution is -2.02. The molecule has 5 nitrogen and oxygen atoms in total. The van der Waals surface area contributed by atoms with Crippen LogP contribution in [0.2, 0.25) is 0 Å². The molecule has 3 rings (SSSR count). The number of hydrogen-bond donors (Lipinski definition) is 1. The molecule has 0 bridgehead atoms. The minimum atomic E-state index is -0.940. The van der Waals surface area contributed by atoms with Gasteiger partial charge >= 0.3 is 5.97 Å². The number of aromatic nitrogens is 2. The summed E-state index contributed by atoms with van der Waals surface area (Å²) in [5.41, 5.74) is 1.84. The molecule has 0 fully saturated rings. The van der Waals surface area contributed by atoms with E-state index in [9.17, 15) is 4.79 Å². The zero-order chi connectivity index (χ0) is 13.4. The normalized spacial score (nSPS) is 11.0. The Morgan fingerprint density at radius 1 is 1.42 bits per heavy atom. The Morgan fingerprint density at radius 2 is 2.26 bits per heavy atom. The first-order valence-electron chi connectivity index (χ1n) is 5.88. The van der Waals surface area contributed by atoms with Gasteiger partial charge in [-0.1, -0.05) is 0 Å². The van der Waals surface area contributed by atoms with Crippen LogP contribution in [0.5, 0.6) is 0 Å². The molecular formula is C14H12N2O3. The molecule has 0 aliphatic heterocycles. The van der Waals surface area contributed by atoms with Crippen LogP contribution in [-0.2, 0) is 6.54 Å². The fourth-order valence-electron chi connectivity index (χ4n) is 2.13. The van der Waals surface area contributed by atoms with Gasteiger partial charge in [0.1, 0.15) is 11.6 Å². The Kier molecular flexibility index (Phi) is 2.59. The van der Waals surface area contributed by atoms with Gasteiger partial charge in [-0.3, -0.25) is 0 Å². The molecule has 0 spiro atoms. The van der Waals surface area contributed by atoms with Crippen molar-refractivity contribution in [3.05, 3.63) is 53.7 Å². The van der Waals surface area contributed by atoms with Gasteiger partial charge in [0, 0.05) is 0 Å². The van der Waals surface area contributed by atoms with Crippen molar-refractivity contribution in [2.45, 2.75) is 13.5 Å². The van der Waals surface area contributed by atoms with Crippen LogP contribution < -0.4 is 0 Å². The van der Waals surface area contributed by atoms with Crippen molar-refractivity contribution in [3.8, 4) is 0 Å². The van der Waals surface area contributed by atoms with E-state index in [4.69, 9.17) is 9.52 Å². The topological polar surface area (TPSA) is 68.3 Å². The largest absolute Gasteiger partial charge is 0.478 e. The van der Waals surface area contributed by atoms with E-state index in [1.54, 1.807) is 24.5 Å². The van der Waals surface area contributed by atoms with E-state index in [1.807, 2.05) is 23.6 Å². The van der Waals surface area contributed by atoms with E-state index >= 15 is 0 Å².